The van der Waals surface area contributed by atoms with Gasteiger partial charge in [-0.3, -0.25) is 9.59 Å². The number of rotatable bonds is 6. The maximum atomic E-state index is 8.81. The van der Waals surface area contributed by atoms with Gasteiger partial charge in [-0.2, -0.15) is 0 Å². The molecular weight excluding hydrogens is 208 g/mol. The van der Waals surface area contributed by atoms with Crippen molar-refractivity contribution in [3.8, 4) is 0 Å². The van der Waals surface area contributed by atoms with Crippen LogP contribution in [0.15, 0.2) is 0 Å². The van der Waals surface area contributed by atoms with Crippen LogP contribution in [0.3, 0.4) is 0 Å². The van der Waals surface area contributed by atoms with Gasteiger partial charge in [0, 0.05) is 13.2 Å². The number of aldehydes is 2. The first-order valence-electron chi connectivity index (χ1n) is 5.76. The third kappa shape index (κ3) is 37.8. The monoisotopic (exact) mass is 234 g/mol. The van der Waals surface area contributed by atoms with E-state index in [4.69, 9.17) is 19.1 Å². The Morgan fingerprint density at radius 1 is 0.875 bits per heavy atom. The van der Waals surface area contributed by atoms with Crippen LogP contribution in [0.1, 0.15) is 47.5 Å². The Morgan fingerprint density at radius 2 is 1.19 bits per heavy atom. The fourth-order valence-corrected chi connectivity index (χ4v) is 0.518. The van der Waals surface area contributed by atoms with Crippen LogP contribution in [0.25, 0.3) is 0 Å². The number of unbranched alkanes of at least 4 members (excludes halogenated alkanes) is 1. The molecule has 0 radical (unpaired) electrons. The lowest BCUT2D eigenvalue weighted by atomic mass is 10.4. The van der Waals surface area contributed by atoms with Crippen LogP contribution < -0.4 is 0 Å². The molecule has 0 saturated heterocycles. The molecule has 0 aromatic rings. The molecule has 0 aromatic carbocycles. The Bertz CT molecular complexity index is 112. The van der Waals surface area contributed by atoms with Crippen molar-refractivity contribution in [3.05, 3.63) is 0 Å². The van der Waals surface area contributed by atoms with Gasteiger partial charge in [0.1, 0.15) is 0 Å². The molecule has 0 spiro atoms. The summed E-state index contributed by atoms with van der Waals surface area (Å²) in [5.41, 5.74) is 0. The second-order valence-electron chi connectivity index (χ2n) is 2.75. The Morgan fingerprint density at radius 3 is 1.31 bits per heavy atom. The van der Waals surface area contributed by atoms with Crippen molar-refractivity contribution in [2.45, 2.75) is 53.8 Å². The van der Waals surface area contributed by atoms with E-state index in [1.807, 2.05) is 20.8 Å². The molecule has 0 atom stereocenters. The van der Waals surface area contributed by atoms with E-state index in [0.717, 1.165) is 13.2 Å². The number of hydrogen-bond donors (Lipinski definition) is 0. The number of hydrogen-bond acceptors (Lipinski definition) is 4. The molecule has 0 aliphatic carbocycles. The standard InChI is InChI=1S/C6H14O2.C4H10.C2H2O2/c1-4-7-6(3)8-5-2;1-3-4-2;3-1-2-4/h6H,4-5H2,1-3H3;3-4H2,1-2H3;1-2H. The molecular formula is C12H26O4. The minimum atomic E-state index is -0.0370. The summed E-state index contributed by atoms with van der Waals surface area (Å²) >= 11 is 0. The third-order valence-electron chi connectivity index (χ3n) is 1.36. The molecule has 4 heteroatoms. The van der Waals surface area contributed by atoms with Crippen molar-refractivity contribution >= 4 is 12.6 Å². The van der Waals surface area contributed by atoms with Gasteiger partial charge in [0.05, 0.1) is 0 Å². The highest BCUT2D eigenvalue weighted by atomic mass is 16.7. The summed E-state index contributed by atoms with van der Waals surface area (Å²) in [5, 5.41) is 0. The minimum absolute atomic E-state index is 0.0370. The quantitative estimate of drug-likeness (QED) is 0.403. The van der Waals surface area contributed by atoms with E-state index < -0.39 is 0 Å². The molecule has 0 N–H and O–H groups in total. The second-order valence-corrected chi connectivity index (χ2v) is 2.75. The Labute approximate surface area is 99.3 Å². The van der Waals surface area contributed by atoms with Crippen molar-refractivity contribution in [1.82, 2.24) is 0 Å². The van der Waals surface area contributed by atoms with E-state index in [2.05, 4.69) is 13.8 Å². The van der Waals surface area contributed by atoms with Crippen LogP contribution in [-0.2, 0) is 19.1 Å². The summed E-state index contributed by atoms with van der Waals surface area (Å²) in [4.78, 5) is 17.6. The van der Waals surface area contributed by atoms with Crippen LogP contribution in [-0.4, -0.2) is 32.1 Å². The number of ether oxygens (including phenoxy) is 2. The van der Waals surface area contributed by atoms with Gasteiger partial charge in [0.25, 0.3) is 0 Å². The fourth-order valence-electron chi connectivity index (χ4n) is 0.518. The molecule has 16 heavy (non-hydrogen) atoms. The first kappa shape index (κ1) is 20.6. The zero-order chi connectivity index (χ0) is 13.2. The molecule has 4 nitrogen and oxygen atoms in total. The maximum absolute atomic E-state index is 8.81. The SMILES string of the molecule is CCCC.CCOC(C)OCC.O=CC=O. The molecule has 0 aromatic heterocycles. The Hall–Kier alpha value is -0.740. The molecule has 0 aliphatic heterocycles. The Kier molecular flexibility index (Phi) is 30.7. The summed E-state index contributed by atoms with van der Waals surface area (Å²) in [5.74, 6) is 0. The van der Waals surface area contributed by atoms with Crippen molar-refractivity contribution < 1.29 is 19.1 Å². The van der Waals surface area contributed by atoms with Gasteiger partial charge in [-0.25, -0.2) is 0 Å². The molecule has 0 amide bonds. The molecule has 0 rings (SSSR count). The number of carbonyl (C=O) groups excluding carboxylic acids is 2. The van der Waals surface area contributed by atoms with Gasteiger partial charge in [0.15, 0.2) is 18.9 Å². The van der Waals surface area contributed by atoms with Crippen LogP contribution in [0.4, 0.5) is 0 Å². The van der Waals surface area contributed by atoms with Crippen molar-refractivity contribution in [3.63, 3.8) is 0 Å². The van der Waals surface area contributed by atoms with E-state index in [-0.39, 0.29) is 18.9 Å². The fraction of sp³-hybridized carbons (Fsp3) is 0.833. The first-order chi connectivity index (χ1) is 7.64. The normalized spacial score (nSPS) is 8.38. The molecule has 0 heterocycles. The largest absolute Gasteiger partial charge is 0.353 e. The van der Waals surface area contributed by atoms with Crippen LogP contribution in [0.2, 0.25) is 0 Å². The maximum Gasteiger partial charge on any atom is 0.182 e. The lowest BCUT2D eigenvalue weighted by Gasteiger charge is -2.09. The van der Waals surface area contributed by atoms with Crippen LogP contribution in [0.5, 0.6) is 0 Å². The zero-order valence-corrected chi connectivity index (χ0v) is 11.2. The van der Waals surface area contributed by atoms with E-state index >= 15 is 0 Å². The first-order valence-corrected chi connectivity index (χ1v) is 5.76. The van der Waals surface area contributed by atoms with Crippen molar-refractivity contribution in [2.24, 2.45) is 0 Å². The molecule has 98 valence electrons. The zero-order valence-electron chi connectivity index (χ0n) is 11.2. The number of carbonyl (C=O) groups is 2. The van der Waals surface area contributed by atoms with Gasteiger partial charge in [-0.05, 0) is 20.8 Å². The molecule has 0 unspecified atom stereocenters. The summed E-state index contributed by atoms with van der Waals surface area (Å²) in [6.07, 6.45) is 2.99. The third-order valence-corrected chi connectivity index (χ3v) is 1.36. The second kappa shape index (κ2) is 23.8. The lowest BCUT2D eigenvalue weighted by Crippen LogP contribution is -2.11. The highest BCUT2D eigenvalue weighted by Crippen LogP contribution is 1.90. The predicted octanol–water partition coefficient (Wildman–Crippen LogP) is 2.60. The highest BCUT2D eigenvalue weighted by molar-refractivity contribution is 6.09. The van der Waals surface area contributed by atoms with E-state index in [1.54, 1.807) is 0 Å². The predicted molar refractivity (Wildman–Crippen MR) is 65.4 cm³/mol. The van der Waals surface area contributed by atoms with Crippen molar-refractivity contribution in [2.75, 3.05) is 13.2 Å². The van der Waals surface area contributed by atoms with E-state index in [0.29, 0.717) is 0 Å². The van der Waals surface area contributed by atoms with Crippen molar-refractivity contribution in [1.29, 1.82) is 0 Å². The summed E-state index contributed by atoms with van der Waals surface area (Å²) in [7, 11) is 0. The summed E-state index contributed by atoms with van der Waals surface area (Å²) in [6, 6.07) is 0. The molecule has 0 fully saturated rings. The van der Waals surface area contributed by atoms with Gasteiger partial charge in [0.2, 0.25) is 0 Å². The van der Waals surface area contributed by atoms with Gasteiger partial charge in [-0.15, -0.1) is 0 Å². The summed E-state index contributed by atoms with van der Waals surface area (Å²) in [6.45, 7) is 11.6. The van der Waals surface area contributed by atoms with E-state index in [1.165, 1.54) is 12.8 Å². The summed E-state index contributed by atoms with van der Waals surface area (Å²) < 4.78 is 10.1. The minimum Gasteiger partial charge on any atom is -0.353 e. The molecule has 0 aliphatic rings. The smallest absolute Gasteiger partial charge is 0.182 e. The topological polar surface area (TPSA) is 52.6 Å². The average Bonchev–Trinajstić information content (AvgIpc) is 2.30. The van der Waals surface area contributed by atoms with Crippen LogP contribution in [0, 0.1) is 0 Å². The Balaban J connectivity index is -0.000000179. The van der Waals surface area contributed by atoms with Gasteiger partial charge < -0.3 is 9.47 Å². The van der Waals surface area contributed by atoms with Gasteiger partial charge in [-0.1, -0.05) is 26.7 Å². The molecule has 0 saturated carbocycles. The lowest BCUT2D eigenvalue weighted by molar-refractivity contribution is -0.123. The van der Waals surface area contributed by atoms with Gasteiger partial charge >= 0.3 is 0 Å². The van der Waals surface area contributed by atoms with E-state index in [9.17, 15) is 0 Å². The highest BCUT2D eigenvalue weighted by Gasteiger charge is 1.94. The average molecular weight is 234 g/mol. The molecule has 0 bridgehead atoms. The van der Waals surface area contributed by atoms with Crippen LogP contribution >= 0.6 is 0 Å².